The second-order valence-corrected chi connectivity index (χ2v) is 6.60. The van der Waals surface area contributed by atoms with E-state index in [2.05, 4.69) is 0 Å². The second-order valence-electron chi connectivity index (χ2n) is 6.60. The van der Waals surface area contributed by atoms with Gasteiger partial charge in [0.05, 0.1) is 13.7 Å². The van der Waals surface area contributed by atoms with Crippen LogP contribution >= 0.6 is 0 Å². The van der Waals surface area contributed by atoms with Crippen LogP contribution in [0.1, 0.15) is 18.9 Å². The van der Waals surface area contributed by atoms with Crippen molar-refractivity contribution in [2.24, 2.45) is 0 Å². The van der Waals surface area contributed by atoms with Crippen LogP contribution < -0.4 is 14.2 Å². The standard InChI is InChI=1S/C22H24N3O6/c1-15(23)20(24)10-11-30-19-5-3-4-16(12-19)13-25(14-21(26)27)22(28)31-18-8-6-17(29-2)7-9-18/h3-9,12,24H,10-11,13-14H2,1-2H3,(H,26,27)/q-1. The van der Waals surface area contributed by atoms with Crippen molar-refractivity contribution in [1.29, 1.82) is 5.41 Å². The molecule has 9 nitrogen and oxygen atoms in total. The minimum atomic E-state index is -1.17. The Labute approximate surface area is 180 Å². The Kier molecular flexibility index (Phi) is 8.56. The maximum absolute atomic E-state index is 12.5. The summed E-state index contributed by atoms with van der Waals surface area (Å²) in [5, 5.41) is 26.0. The average molecular weight is 426 g/mol. The normalized spacial score (nSPS) is 10.1. The number of amides is 1. The highest BCUT2D eigenvalue weighted by Crippen LogP contribution is 2.19. The fraction of sp³-hybridized carbons (Fsp3) is 0.273. The summed E-state index contributed by atoms with van der Waals surface area (Å²) in [5.74, 6) is 0.186. The third-order valence-electron chi connectivity index (χ3n) is 4.18. The number of benzene rings is 2. The van der Waals surface area contributed by atoms with Gasteiger partial charge in [0.2, 0.25) is 0 Å². The Balaban J connectivity index is 2.03. The first-order chi connectivity index (χ1) is 14.8. The molecule has 0 unspecified atom stereocenters. The van der Waals surface area contributed by atoms with Crippen molar-refractivity contribution in [2.75, 3.05) is 20.3 Å². The molecule has 2 aromatic rings. The topological polar surface area (TPSA) is 131 Å². The molecule has 0 heterocycles. The Bertz CT molecular complexity index is 943. The van der Waals surface area contributed by atoms with E-state index in [9.17, 15) is 20.1 Å². The number of hydrogen-bond acceptors (Lipinski definition) is 6. The van der Waals surface area contributed by atoms with E-state index in [0.29, 0.717) is 17.1 Å². The number of rotatable bonds is 11. The Morgan fingerprint density at radius 3 is 2.39 bits per heavy atom. The van der Waals surface area contributed by atoms with E-state index in [-0.39, 0.29) is 36.7 Å². The van der Waals surface area contributed by atoms with Crippen LogP contribution in [0.15, 0.2) is 48.5 Å². The second kappa shape index (κ2) is 11.3. The highest BCUT2D eigenvalue weighted by Gasteiger charge is 2.20. The van der Waals surface area contributed by atoms with Gasteiger partial charge in [0.15, 0.2) is 0 Å². The van der Waals surface area contributed by atoms with Crippen molar-refractivity contribution in [1.82, 2.24) is 4.90 Å². The number of hydrogen-bond donors (Lipinski definition) is 2. The van der Waals surface area contributed by atoms with Crippen LogP contribution in [-0.4, -0.2) is 53.8 Å². The molecule has 0 radical (unpaired) electrons. The molecule has 0 aliphatic carbocycles. The van der Waals surface area contributed by atoms with Crippen molar-refractivity contribution in [3.8, 4) is 17.2 Å². The molecule has 31 heavy (non-hydrogen) atoms. The summed E-state index contributed by atoms with van der Waals surface area (Å²) >= 11 is 0. The number of carboxylic acids is 1. The minimum Gasteiger partial charge on any atom is -0.806 e. The molecule has 164 valence electrons. The number of carboxylic acid groups (broad SMARTS) is 1. The molecule has 0 aliphatic rings. The van der Waals surface area contributed by atoms with Gasteiger partial charge in [-0.2, -0.15) is 5.71 Å². The van der Waals surface area contributed by atoms with Crippen LogP contribution in [0, 0.1) is 5.41 Å². The lowest BCUT2D eigenvalue weighted by Crippen LogP contribution is -2.37. The molecule has 0 fully saturated rings. The van der Waals surface area contributed by atoms with Crippen LogP contribution in [0.4, 0.5) is 4.79 Å². The molecular weight excluding hydrogens is 402 g/mol. The number of nitrogens with zero attached hydrogens (tertiary/aromatic N) is 2. The zero-order valence-corrected chi connectivity index (χ0v) is 17.3. The summed E-state index contributed by atoms with van der Waals surface area (Å²) in [6.45, 7) is 1.09. The van der Waals surface area contributed by atoms with E-state index < -0.39 is 18.6 Å². The third kappa shape index (κ3) is 7.81. The van der Waals surface area contributed by atoms with Crippen molar-refractivity contribution in [2.45, 2.75) is 19.9 Å². The van der Waals surface area contributed by atoms with Gasteiger partial charge in [-0.05, 0) is 42.0 Å². The fourth-order valence-corrected chi connectivity index (χ4v) is 2.56. The summed E-state index contributed by atoms with van der Waals surface area (Å²) in [5.41, 5.74) is 0.674. The van der Waals surface area contributed by atoms with Gasteiger partial charge in [-0.3, -0.25) is 9.69 Å². The van der Waals surface area contributed by atoms with Crippen molar-refractivity contribution < 1.29 is 28.9 Å². The smallest absolute Gasteiger partial charge is 0.416 e. The zero-order chi connectivity index (χ0) is 22.8. The van der Waals surface area contributed by atoms with Crippen LogP contribution in [0.3, 0.4) is 0 Å². The lowest BCUT2D eigenvalue weighted by molar-refractivity contribution is -0.138. The fourth-order valence-electron chi connectivity index (χ4n) is 2.56. The first-order valence-corrected chi connectivity index (χ1v) is 9.43. The van der Waals surface area contributed by atoms with Gasteiger partial charge in [-0.15, -0.1) is 0 Å². The summed E-state index contributed by atoms with van der Waals surface area (Å²) in [6, 6.07) is 13.2. The van der Waals surface area contributed by atoms with E-state index in [1.54, 1.807) is 48.5 Å². The van der Waals surface area contributed by atoms with Crippen LogP contribution in [0.25, 0.3) is 5.41 Å². The summed E-state index contributed by atoms with van der Waals surface area (Å²) in [7, 11) is 1.52. The lowest BCUT2D eigenvalue weighted by Gasteiger charge is -2.20. The molecule has 2 N–H and O–H groups in total. The summed E-state index contributed by atoms with van der Waals surface area (Å²) < 4.78 is 15.9. The molecule has 0 aliphatic heterocycles. The molecule has 0 atom stereocenters. The predicted molar refractivity (Wildman–Crippen MR) is 115 cm³/mol. The van der Waals surface area contributed by atoms with Crippen LogP contribution in [-0.2, 0) is 11.3 Å². The maximum Gasteiger partial charge on any atom is 0.416 e. The lowest BCUT2D eigenvalue weighted by atomic mass is 10.2. The molecule has 0 aromatic heterocycles. The number of carbonyl (C=O) groups is 2. The van der Waals surface area contributed by atoms with E-state index >= 15 is 0 Å². The van der Waals surface area contributed by atoms with E-state index in [4.69, 9.17) is 19.6 Å². The summed E-state index contributed by atoms with van der Waals surface area (Å²) in [4.78, 5) is 24.8. The van der Waals surface area contributed by atoms with E-state index in [0.717, 1.165) is 4.90 Å². The average Bonchev–Trinajstić information content (AvgIpc) is 2.73. The monoisotopic (exact) mass is 426 g/mol. The summed E-state index contributed by atoms with van der Waals surface area (Å²) in [6.07, 6.45) is -0.562. The van der Waals surface area contributed by atoms with Crippen molar-refractivity contribution in [3.63, 3.8) is 0 Å². The van der Waals surface area contributed by atoms with Crippen molar-refractivity contribution >= 4 is 23.5 Å². The van der Waals surface area contributed by atoms with Gasteiger partial charge < -0.3 is 30.1 Å². The highest BCUT2D eigenvalue weighted by molar-refractivity contribution is 6.41. The molecule has 0 bridgehead atoms. The third-order valence-corrected chi connectivity index (χ3v) is 4.18. The number of methoxy groups -OCH3 is 1. The SMILES string of the molecule is COc1ccc(OC(=O)N(CC(=O)O)Cc2cccc(OCCC(=N)C(C)=[N-])c2)cc1. The van der Waals surface area contributed by atoms with Gasteiger partial charge in [-0.1, -0.05) is 19.1 Å². The number of carbonyl (C=O) groups excluding carboxylic acids is 1. The highest BCUT2D eigenvalue weighted by atomic mass is 16.6. The van der Waals surface area contributed by atoms with Gasteiger partial charge in [0.25, 0.3) is 0 Å². The van der Waals surface area contributed by atoms with Crippen LogP contribution in [0.5, 0.6) is 17.2 Å². The van der Waals surface area contributed by atoms with Gasteiger partial charge >= 0.3 is 12.1 Å². The Morgan fingerprint density at radius 2 is 1.77 bits per heavy atom. The molecule has 2 rings (SSSR count). The largest absolute Gasteiger partial charge is 0.806 e. The first-order valence-electron chi connectivity index (χ1n) is 9.43. The predicted octanol–water partition coefficient (Wildman–Crippen LogP) is 3.60. The van der Waals surface area contributed by atoms with Gasteiger partial charge in [0, 0.05) is 18.7 Å². The molecule has 9 heteroatoms. The molecular formula is C22H24N3O6-. The van der Waals surface area contributed by atoms with E-state index in [1.807, 2.05) is 0 Å². The Morgan fingerprint density at radius 1 is 1.10 bits per heavy atom. The first kappa shape index (κ1) is 23.4. The van der Waals surface area contributed by atoms with Gasteiger partial charge in [-0.25, -0.2) is 4.79 Å². The van der Waals surface area contributed by atoms with Gasteiger partial charge in [0.1, 0.15) is 23.8 Å². The Hall–Kier alpha value is -3.88. The zero-order valence-electron chi connectivity index (χ0n) is 17.3. The quantitative estimate of drug-likeness (QED) is 0.528. The molecule has 0 spiro atoms. The minimum absolute atomic E-state index is 0.00215. The van der Waals surface area contributed by atoms with E-state index in [1.165, 1.54) is 14.0 Å². The van der Waals surface area contributed by atoms with Crippen LogP contribution in [0.2, 0.25) is 0 Å². The molecule has 1 amide bonds. The molecule has 0 saturated heterocycles. The number of aliphatic carboxylic acids is 1. The molecule has 0 saturated carbocycles. The number of nitrogens with one attached hydrogen (secondary N) is 1. The number of ether oxygens (including phenoxy) is 3. The molecule has 2 aromatic carbocycles. The van der Waals surface area contributed by atoms with Crippen molar-refractivity contribution in [3.05, 3.63) is 59.5 Å². The maximum atomic E-state index is 12.5.